The summed E-state index contributed by atoms with van der Waals surface area (Å²) in [5.74, 6) is 0.580. The van der Waals surface area contributed by atoms with Crippen molar-refractivity contribution in [2.45, 2.75) is 13.1 Å². The van der Waals surface area contributed by atoms with Gasteiger partial charge in [0.25, 0.3) is 5.56 Å². The molecule has 0 aliphatic heterocycles. The van der Waals surface area contributed by atoms with Gasteiger partial charge in [-0.15, -0.1) is 0 Å². The largest absolute Gasteiger partial charge is 0.464 e. The molecule has 6 heteroatoms. The molecule has 0 unspecified atom stereocenters. The van der Waals surface area contributed by atoms with Gasteiger partial charge in [0.05, 0.1) is 23.7 Å². The Morgan fingerprint density at radius 2 is 1.87 bits per heavy atom. The zero-order valence-electron chi connectivity index (χ0n) is 16.0. The van der Waals surface area contributed by atoms with E-state index in [4.69, 9.17) is 26.7 Å². The van der Waals surface area contributed by atoms with E-state index in [0.717, 1.165) is 27.7 Å². The average Bonchev–Trinajstić information content (AvgIpc) is 3.23. The van der Waals surface area contributed by atoms with Crippen LogP contribution in [0.15, 0.2) is 82.2 Å². The minimum Gasteiger partial charge on any atom is -0.464 e. The molecule has 5 nitrogen and oxygen atoms in total. The topological polar surface area (TPSA) is 74.1 Å². The first-order valence-electron chi connectivity index (χ1n) is 9.58. The number of aromatic nitrogens is 2. The summed E-state index contributed by atoms with van der Waals surface area (Å²) < 4.78 is 7.15. The van der Waals surface area contributed by atoms with Crippen LogP contribution in [0.4, 0.5) is 0 Å². The van der Waals surface area contributed by atoms with Crippen molar-refractivity contribution in [1.29, 1.82) is 0 Å². The summed E-state index contributed by atoms with van der Waals surface area (Å²) in [6.45, 7) is 0.832. The summed E-state index contributed by atoms with van der Waals surface area (Å²) in [7, 11) is 0. The third-order valence-electron chi connectivity index (χ3n) is 5.20. The molecular formula is C24H18ClN3O2. The number of nitrogens with zero attached hydrogens (tertiary/aromatic N) is 2. The number of hydrogen-bond acceptors (Lipinski definition) is 4. The predicted molar refractivity (Wildman–Crippen MR) is 120 cm³/mol. The zero-order chi connectivity index (χ0) is 20.7. The normalized spacial score (nSPS) is 11.4. The molecule has 5 rings (SSSR count). The summed E-state index contributed by atoms with van der Waals surface area (Å²) in [6, 6.07) is 20.8. The number of benzene rings is 3. The second kappa shape index (κ2) is 7.44. The number of fused-ring (bicyclic) bond motifs is 2. The van der Waals surface area contributed by atoms with Crippen molar-refractivity contribution in [2.24, 2.45) is 5.73 Å². The van der Waals surface area contributed by atoms with Gasteiger partial charge in [-0.05, 0) is 53.6 Å². The van der Waals surface area contributed by atoms with Gasteiger partial charge < -0.3 is 10.2 Å². The Labute approximate surface area is 177 Å². The van der Waals surface area contributed by atoms with Gasteiger partial charge in [0.1, 0.15) is 11.4 Å². The predicted octanol–water partition coefficient (Wildman–Crippen LogP) is 4.97. The lowest BCUT2D eigenvalue weighted by molar-refractivity contribution is 0.616. The second-order valence-electron chi connectivity index (χ2n) is 7.19. The lowest BCUT2D eigenvalue weighted by Crippen LogP contribution is -2.24. The fourth-order valence-corrected chi connectivity index (χ4v) is 3.87. The summed E-state index contributed by atoms with van der Waals surface area (Å²) in [5, 5.41) is 2.02. The van der Waals surface area contributed by atoms with Crippen LogP contribution in [0.1, 0.15) is 11.1 Å². The van der Waals surface area contributed by atoms with Crippen LogP contribution in [0.2, 0.25) is 5.02 Å². The number of rotatable bonds is 4. The van der Waals surface area contributed by atoms with Crippen molar-refractivity contribution < 1.29 is 4.42 Å². The first kappa shape index (κ1) is 18.6. The Bertz CT molecular complexity index is 1450. The van der Waals surface area contributed by atoms with E-state index in [1.165, 1.54) is 0 Å². The Balaban J connectivity index is 1.75. The van der Waals surface area contributed by atoms with Crippen LogP contribution in [0.25, 0.3) is 33.3 Å². The van der Waals surface area contributed by atoms with E-state index in [1.807, 2.05) is 48.5 Å². The van der Waals surface area contributed by atoms with E-state index < -0.39 is 0 Å². The third kappa shape index (κ3) is 3.28. The quantitative estimate of drug-likeness (QED) is 0.449. The Morgan fingerprint density at radius 3 is 2.73 bits per heavy atom. The van der Waals surface area contributed by atoms with Crippen molar-refractivity contribution in [3.8, 4) is 11.4 Å². The maximum Gasteiger partial charge on any atom is 0.261 e. The standard InChI is InChI=1S/C24H18ClN3O2/c25-19-5-6-20-21(12-19)27-23(18-4-7-22-17(11-18)8-9-30-22)28(24(20)29)14-16-3-1-2-15(10-16)13-26/h1-12H,13-14,26H2. The van der Waals surface area contributed by atoms with Gasteiger partial charge in [-0.2, -0.15) is 0 Å². The van der Waals surface area contributed by atoms with Gasteiger partial charge in [-0.25, -0.2) is 4.98 Å². The highest BCUT2D eigenvalue weighted by Gasteiger charge is 2.15. The first-order chi connectivity index (χ1) is 14.6. The number of furan rings is 1. The van der Waals surface area contributed by atoms with Crippen molar-refractivity contribution >= 4 is 33.5 Å². The number of halogens is 1. The highest BCUT2D eigenvalue weighted by atomic mass is 35.5. The summed E-state index contributed by atoms with van der Waals surface area (Å²) in [6.07, 6.45) is 1.65. The molecule has 0 atom stereocenters. The number of nitrogens with two attached hydrogens (primary N) is 1. The van der Waals surface area contributed by atoms with Crippen LogP contribution in [-0.2, 0) is 13.1 Å². The molecule has 5 aromatic rings. The fraction of sp³-hybridized carbons (Fsp3) is 0.0833. The molecular weight excluding hydrogens is 398 g/mol. The minimum absolute atomic E-state index is 0.114. The van der Waals surface area contributed by atoms with Gasteiger partial charge >= 0.3 is 0 Å². The fourth-order valence-electron chi connectivity index (χ4n) is 3.70. The van der Waals surface area contributed by atoms with Crippen LogP contribution < -0.4 is 11.3 Å². The molecule has 0 fully saturated rings. The average molecular weight is 416 g/mol. The summed E-state index contributed by atoms with van der Waals surface area (Å²) in [4.78, 5) is 18.3. The van der Waals surface area contributed by atoms with E-state index in [-0.39, 0.29) is 5.56 Å². The monoisotopic (exact) mass is 415 g/mol. The van der Waals surface area contributed by atoms with Crippen molar-refractivity contribution in [3.05, 3.63) is 99.5 Å². The maximum atomic E-state index is 13.4. The molecule has 0 saturated carbocycles. The second-order valence-corrected chi connectivity index (χ2v) is 7.62. The van der Waals surface area contributed by atoms with Crippen molar-refractivity contribution in [2.75, 3.05) is 0 Å². The number of hydrogen-bond donors (Lipinski definition) is 1. The van der Waals surface area contributed by atoms with Crippen LogP contribution in [0.5, 0.6) is 0 Å². The van der Waals surface area contributed by atoms with Crippen LogP contribution in [0, 0.1) is 0 Å². The van der Waals surface area contributed by atoms with Gasteiger partial charge in [0, 0.05) is 22.5 Å². The van der Waals surface area contributed by atoms with Crippen LogP contribution in [0.3, 0.4) is 0 Å². The first-order valence-corrected chi connectivity index (χ1v) is 9.96. The van der Waals surface area contributed by atoms with Gasteiger partial charge in [0.2, 0.25) is 0 Å². The van der Waals surface area contributed by atoms with Crippen LogP contribution in [-0.4, -0.2) is 9.55 Å². The van der Waals surface area contributed by atoms with E-state index in [9.17, 15) is 4.79 Å². The molecule has 148 valence electrons. The Morgan fingerprint density at radius 1 is 1.00 bits per heavy atom. The van der Waals surface area contributed by atoms with Crippen molar-refractivity contribution in [3.63, 3.8) is 0 Å². The molecule has 0 bridgehead atoms. The molecule has 2 aromatic heterocycles. The lowest BCUT2D eigenvalue weighted by atomic mass is 10.1. The third-order valence-corrected chi connectivity index (χ3v) is 5.43. The molecule has 0 aliphatic rings. The summed E-state index contributed by atoms with van der Waals surface area (Å²) in [5.41, 5.74) is 9.87. The van der Waals surface area contributed by atoms with Crippen LogP contribution >= 0.6 is 11.6 Å². The van der Waals surface area contributed by atoms with Gasteiger partial charge in [0.15, 0.2) is 0 Å². The van der Waals surface area contributed by atoms with Crippen molar-refractivity contribution in [1.82, 2.24) is 9.55 Å². The van der Waals surface area contributed by atoms with E-state index in [0.29, 0.717) is 34.8 Å². The minimum atomic E-state index is -0.114. The van der Waals surface area contributed by atoms with E-state index in [2.05, 4.69) is 0 Å². The molecule has 2 N–H and O–H groups in total. The molecule has 0 radical (unpaired) electrons. The highest BCUT2D eigenvalue weighted by molar-refractivity contribution is 6.31. The summed E-state index contributed by atoms with van der Waals surface area (Å²) >= 11 is 6.16. The molecule has 2 heterocycles. The van der Waals surface area contributed by atoms with E-state index >= 15 is 0 Å². The van der Waals surface area contributed by atoms with Gasteiger partial charge in [-0.3, -0.25) is 9.36 Å². The smallest absolute Gasteiger partial charge is 0.261 e. The Hall–Kier alpha value is -3.41. The SMILES string of the molecule is NCc1cccc(Cn2c(-c3ccc4occc4c3)nc3cc(Cl)ccc3c2=O)c1. The maximum absolute atomic E-state index is 13.4. The highest BCUT2D eigenvalue weighted by Crippen LogP contribution is 2.26. The van der Waals surface area contributed by atoms with Gasteiger partial charge in [-0.1, -0.05) is 35.9 Å². The molecule has 0 saturated heterocycles. The zero-order valence-corrected chi connectivity index (χ0v) is 16.8. The Kier molecular flexibility index (Phi) is 4.62. The molecule has 30 heavy (non-hydrogen) atoms. The molecule has 0 spiro atoms. The lowest BCUT2D eigenvalue weighted by Gasteiger charge is -2.15. The molecule has 0 amide bonds. The molecule has 0 aliphatic carbocycles. The van der Waals surface area contributed by atoms with E-state index in [1.54, 1.807) is 29.0 Å². The molecule has 3 aromatic carbocycles.